The lowest BCUT2D eigenvalue weighted by Gasteiger charge is -2.11. The van der Waals surface area contributed by atoms with Crippen LogP contribution in [0.4, 0.5) is 0 Å². The molecule has 24 heavy (non-hydrogen) atoms. The Labute approximate surface area is 159 Å². The summed E-state index contributed by atoms with van der Waals surface area (Å²) in [6.45, 7) is 1.37. The molecule has 2 rings (SSSR count). The van der Waals surface area contributed by atoms with Crippen molar-refractivity contribution in [3.05, 3.63) is 60.1 Å². The number of benzene rings is 1. The van der Waals surface area contributed by atoms with Crippen molar-refractivity contribution in [1.29, 1.82) is 0 Å². The second-order valence-electron chi connectivity index (χ2n) is 4.94. The molecule has 0 aliphatic carbocycles. The summed E-state index contributed by atoms with van der Waals surface area (Å²) in [5.41, 5.74) is 1.07. The average molecular weight is 442 g/mol. The van der Waals surface area contributed by atoms with Gasteiger partial charge in [-0.15, -0.1) is 24.0 Å². The van der Waals surface area contributed by atoms with Gasteiger partial charge in [0.2, 0.25) is 5.91 Å². The molecule has 0 atom stereocenters. The molecule has 0 unspecified atom stereocenters. The number of nitrogens with zero attached hydrogens (tertiary/aromatic N) is 1. The predicted molar refractivity (Wildman–Crippen MR) is 105 cm³/mol. The van der Waals surface area contributed by atoms with Gasteiger partial charge in [-0.2, -0.15) is 0 Å². The van der Waals surface area contributed by atoms with Crippen LogP contribution in [0.5, 0.6) is 0 Å². The van der Waals surface area contributed by atoms with Crippen molar-refractivity contribution < 1.29 is 9.21 Å². The highest BCUT2D eigenvalue weighted by molar-refractivity contribution is 14.0. The lowest BCUT2D eigenvalue weighted by molar-refractivity contribution is -0.120. The van der Waals surface area contributed by atoms with E-state index < -0.39 is 0 Å². The number of nitrogens with one attached hydrogen (secondary N) is 3. The van der Waals surface area contributed by atoms with Crippen LogP contribution in [0, 0.1) is 0 Å². The number of hydrogen-bond acceptors (Lipinski definition) is 3. The maximum Gasteiger partial charge on any atom is 0.239 e. The van der Waals surface area contributed by atoms with Crippen LogP contribution >= 0.6 is 24.0 Å². The van der Waals surface area contributed by atoms with E-state index in [4.69, 9.17) is 4.42 Å². The first-order valence-corrected chi connectivity index (χ1v) is 7.55. The van der Waals surface area contributed by atoms with Gasteiger partial charge in [0.15, 0.2) is 5.96 Å². The number of amides is 1. The second kappa shape index (κ2) is 11.5. The Bertz CT molecular complexity index is 615. The second-order valence-corrected chi connectivity index (χ2v) is 4.94. The van der Waals surface area contributed by atoms with Crippen molar-refractivity contribution in [3.8, 4) is 0 Å². The van der Waals surface area contributed by atoms with Gasteiger partial charge in [-0.3, -0.25) is 9.79 Å². The first-order chi connectivity index (χ1) is 11.3. The monoisotopic (exact) mass is 442 g/mol. The minimum atomic E-state index is -0.0807. The third-order valence-corrected chi connectivity index (χ3v) is 3.22. The minimum absolute atomic E-state index is 0. The van der Waals surface area contributed by atoms with Gasteiger partial charge < -0.3 is 20.4 Å². The quantitative estimate of drug-likeness (QED) is 0.348. The van der Waals surface area contributed by atoms with Crippen molar-refractivity contribution in [1.82, 2.24) is 16.0 Å². The zero-order chi connectivity index (χ0) is 16.3. The molecule has 0 aliphatic heterocycles. The molecule has 1 aromatic carbocycles. The van der Waals surface area contributed by atoms with Crippen LogP contribution in [0.25, 0.3) is 0 Å². The maximum atomic E-state index is 11.8. The largest absolute Gasteiger partial charge is 0.469 e. The van der Waals surface area contributed by atoms with Crippen molar-refractivity contribution >= 4 is 35.8 Å². The van der Waals surface area contributed by atoms with E-state index in [-0.39, 0.29) is 36.4 Å². The minimum Gasteiger partial charge on any atom is -0.469 e. The molecule has 6 nitrogen and oxygen atoms in total. The SMILES string of the molecule is CN=C(NCCc1ccco1)NCC(=O)NCc1ccccc1.I. The molecule has 0 aliphatic rings. The molecule has 1 heterocycles. The summed E-state index contributed by atoms with van der Waals surface area (Å²) < 4.78 is 5.26. The Morgan fingerprint density at radius 2 is 1.88 bits per heavy atom. The van der Waals surface area contributed by atoms with Gasteiger partial charge in [-0.1, -0.05) is 30.3 Å². The van der Waals surface area contributed by atoms with Gasteiger partial charge in [0.25, 0.3) is 0 Å². The van der Waals surface area contributed by atoms with Gasteiger partial charge >= 0.3 is 0 Å². The molecule has 3 N–H and O–H groups in total. The summed E-state index contributed by atoms with van der Waals surface area (Å²) in [6, 6.07) is 13.6. The number of carbonyl (C=O) groups is 1. The van der Waals surface area contributed by atoms with E-state index >= 15 is 0 Å². The molecule has 2 aromatic rings. The third-order valence-electron chi connectivity index (χ3n) is 3.22. The van der Waals surface area contributed by atoms with Gasteiger partial charge in [-0.25, -0.2) is 0 Å². The first-order valence-electron chi connectivity index (χ1n) is 7.55. The van der Waals surface area contributed by atoms with Gasteiger partial charge in [0.1, 0.15) is 5.76 Å². The molecule has 0 saturated heterocycles. The first kappa shape index (κ1) is 20.0. The number of carbonyl (C=O) groups excluding carboxylic acids is 1. The number of aliphatic imine (C=N–C) groups is 1. The van der Waals surface area contributed by atoms with E-state index in [2.05, 4.69) is 20.9 Å². The van der Waals surface area contributed by atoms with Gasteiger partial charge in [0.05, 0.1) is 12.8 Å². The Hall–Kier alpha value is -2.03. The Kier molecular flexibility index (Phi) is 9.59. The molecule has 1 amide bonds. The van der Waals surface area contributed by atoms with E-state index in [9.17, 15) is 4.79 Å². The molecule has 0 bridgehead atoms. The molecule has 130 valence electrons. The fraction of sp³-hybridized carbons (Fsp3) is 0.294. The normalized spacial score (nSPS) is 10.6. The number of rotatable bonds is 7. The highest BCUT2D eigenvalue weighted by Crippen LogP contribution is 1.99. The highest BCUT2D eigenvalue weighted by atomic mass is 127. The summed E-state index contributed by atoms with van der Waals surface area (Å²) in [5, 5.41) is 8.98. The van der Waals surface area contributed by atoms with Crippen LogP contribution in [-0.4, -0.2) is 32.0 Å². The number of guanidine groups is 1. The Morgan fingerprint density at radius 1 is 1.08 bits per heavy atom. The molecular weight excluding hydrogens is 419 g/mol. The molecule has 1 aromatic heterocycles. The van der Waals surface area contributed by atoms with Crippen molar-refractivity contribution in [2.75, 3.05) is 20.1 Å². The van der Waals surface area contributed by atoms with Crippen molar-refractivity contribution in [2.24, 2.45) is 4.99 Å². The lowest BCUT2D eigenvalue weighted by Crippen LogP contribution is -2.43. The van der Waals surface area contributed by atoms with Gasteiger partial charge in [-0.05, 0) is 17.7 Å². The van der Waals surface area contributed by atoms with E-state index in [1.54, 1.807) is 13.3 Å². The zero-order valence-electron chi connectivity index (χ0n) is 13.6. The Balaban J connectivity index is 0.00000288. The lowest BCUT2D eigenvalue weighted by atomic mass is 10.2. The fourth-order valence-corrected chi connectivity index (χ4v) is 2.00. The van der Waals surface area contributed by atoms with E-state index in [0.29, 0.717) is 19.0 Å². The number of halogens is 1. The molecular formula is C17H23IN4O2. The molecule has 0 spiro atoms. The molecule has 7 heteroatoms. The summed E-state index contributed by atoms with van der Waals surface area (Å²) >= 11 is 0. The molecule has 0 saturated carbocycles. The van der Waals surface area contributed by atoms with Crippen LogP contribution in [0.3, 0.4) is 0 Å². The van der Waals surface area contributed by atoms with Crippen LogP contribution < -0.4 is 16.0 Å². The molecule has 0 radical (unpaired) electrons. The maximum absolute atomic E-state index is 11.8. The molecule has 0 fully saturated rings. The standard InChI is InChI=1S/C17H22N4O2.HI/c1-18-17(19-10-9-15-8-5-11-23-15)21-13-16(22)20-12-14-6-3-2-4-7-14;/h2-8,11H,9-10,12-13H2,1H3,(H,20,22)(H2,18,19,21);1H. The Morgan fingerprint density at radius 3 is 2.54 bits per heavy atom. The summed E-state index contributed by atoms with van der Waals surface area (Å²) in [5.74, 6) is 1.42. The number of hydrogen-bond donors (Lipinski definition) is 3. The summed E-state index contributed by atoms with van der Waals surface area (Å²) in [6.07, 6.45) is 2.41. The van der Waals surface area contributed by atoms with Crippen LogP contribution in [0.1, 0.15) is 11.3 Å². The van der Waals surface area contributed by atoms with Crippen LogP contribution in [-0.2, 0) is 17.8 Å². The smallest absolute Gasteiger partial charge is 0.239 e. The summed E-state index contributed by atoms with van der Waals surface area (Å²) in [4.78, 5) is 15.9. The third kappa shape index (κ3) is 7.49. The van der Waals surface area contributed by atoms with Crippen molar-refractivity contribution in [3.63, 3.8) is 0 Å². The zero-order valence-corrected chi connectivity index (χ0v) is 15.9. The van der Waals surface area contributed by atoms with Gasteiger partial charge in [0, 0.05) is 26.6 Å². The van der Waals surface area contributed by atoms with E-state index in [0.717, 1.165) is 17.7 Å². The van der Waals surface area contributed by atoms with E-state index in [1.807, 2.05) is 42.5 Å². The van der Waals surface area contributed by atoms with Crippen LogP contribution in [0.15, 0.2) is 58.1 Å². The van der Waals surface area contributed by atoms with Crippen molar-refractivity contribution in [2.45, 2.75) is 13.0 Å². The van der Waals surface area contributed by atoms with Crippen LogP contribution in [0.2, 0.25) is 0 Å². The summed E-state index contributed by atoms with van der Waals surface area (Å²) in [7, 11) is 1.67. The number of furan rings is 1. The topological polar surface area (TPSA) is 78.7 Å². The predicted octanol–water partition coefficient (Wildman–Crippen LogP) is 1.92. The van der Waals surface area contributed by atoms with E-state index in [1.165, 1.54) is 0 Å². The highest BCUT2D eigenvalue weighted by Gasteiger charge is 2.04. The average Bonchev–Trinajstić information content (AvgIpc) is 3.10. The fourth-order valence-electron chi connectivity index (χ4n) is 2.00.